The number of hydrogen-bond acceptors (Lipinski definition) is 1. The molecule has 0 aliphatic rings. The number of rotatable bonds is 9. The predicted molar refractivity (Wildman–Crippen MR) is 84.9 cm³/mol. The first-order valence-corrected chi connectivity index (χ1v) is 8.66. The van der Waals surface area contributed by atoms with Crippen molar-refractivity contribution in [3.05, 3.63) is 20.9 Å². The maximum Gasteiger partial charge on any atom is 0.00829 e. The lowest BCUT2D eigenvalue weighted by Crippen LogP contribution is -1.96. The molecule has 0 radical (unpaired) electrons. The Bertz CT molecular complexity index is 336. The molecule has 1 rings (SSSR count). The predicted octanol–water partition coefficient (Wildman–Crippen LogP) is 6.08. The third-order valence-electron chi connectivity index (χ3n) is 3.72. The number of hydrogen-bond donors (Lipinski definition) is 0. The summed E-state index contributed by atoms with van der Waals surface area (Å²) in [6.45, 7) is 9.23. The number of thiophene rings is 1. The van der Waals surface area contributed by atoms with E-state index in [1.165, 1.54) is 57.8 Å². The second-order valence-corrected chi connectivity index (χ2v) is 6.66. The molecule has 0 aromatic carbocycles. The second kappa shape index (κ2) is 8.74. The van der Waals surface area contributed by atoms with Gasteiger partial charge in [0.05, 0.1) is 0 Å². The van der Waals surface area contributed by atoms with E-state index in [-0.39, 0.29) is 0 Å². The highest BCUT2D eigenvalue weighted by Crippen LogP contribution is 2.32. The van der Waals surface area contributed by atoms with Crippen LogP contribution in [0, 0.1) is 6.92 Å². The molecule has 1 heteroatoms. The molecule has 0 saturated carbocycles. The fourth-order valence-electron chi connectivity index (χ4n) is 2.55. The van der Waals surface area contributed by atoms with Crippen molar-refractivity contribution in [2.75, 3.05) is 0 Å². The molecule has 1 aromatic heterocycles. The van der Waals surface area contributed by atoms with Crippen molar-refractivity contribution in [3.63, 3.8) is 0 Å². The van der Waals surface area contributed by atoms with Crippen molar-refractivity contribution in [1.82, 2.24) is 0 Å². The zero-order valence-corrected chi connectivity index (χ0v) is 13.6. The molecular weight excluding hydrogens is 236 g/mol. The van der Waals surface area contributed by atoms with Crippen molar-refractivity contribution in [3.8, 4) is 0 Å². The van der Waals surface area contributed by atoms with E-state index >= 15 is 0 Å². The maximum atomic E-state index is 2.33. The molecule has 0 spiro atoms. The van der Waals surface area contributed by atoms with Crippen molar-refractivity contribution in [2.24, 2.45) is 0 Å². The van der Waals surface area contributed by atoms with Gasteiger partial charge in [-0.05, 0) is 56.6 Å². The molecule has 0 saturated heterocycles. The van der Waals surface area contributed by atoms with Crippen LogP contribution in [0.5, 0.6) is 0 Å². The Balaban J connectivity index is 2.86. The van der Waals surface area contributed by atoms with Gasteiger partial charge >= 0.3 is 0 Å². The van der Waals surface area contributed by atoms with Gasteiger partial charge < -0.3 is 0 Å². The van der Waals surface area contributed by atoms with E-state index in [4.69, 9.17) is 0 Å². The molecule has 0 nitrogen and oxygen atoms in total. The highest BCUT2D eigenvalue weighted by molar-refractivity contribution is 7.12. The van der Waals surface area contributed by atoms with Crippen LogP contribution in [0.4, 0.5) is 0 Å². The minimum absolute atomic E-state index is 1.31. The lowest BCUT2D eigenvalue weighted by Gasteiger charge is -2.07. The van der Waals surface area contributed by atoms with E-state index in [0.29, 0.717) is 0 Å². The summed E-state index contributed by atoms with van der Waals surface area (Å²) in [5, 5.41) is 0. The topological polar surface area (TPSA) is 0 Å². The third-order valence-corrected chi connectivity index (χ3v) is 4.97. The Hall–Kier alpha value is -0.300. The zero-order chi connectivity index (χ0) is 13.4. The normalized spacial score (nSPS) is 11.1. The summed E-state index contributed by atoms with van der Waals surface area (Å²) in [5.41, 5.74) is 3.45. The number of unbranched alkanes of at least 4 members (excludes halogenated alkanes) is 3. The molecule has 104 valence electrons. The Morgan fingerprint density at radius 2 is 1.22 bits per heavy atom. The van der Waals surface area contributed by atoms with Crippen LogP contribution in [0.2, 0.25) is 0 Å². The van der Waals surface area contributed by atoms with Crippen LogP contribution in [-0.4, -0.2) is 0 Å². The first-order chi connectivity index (χ1) is 8.74. The molecule has 0 unspecified atom stereocenters. The standard InChI is InChI=1S/C17H30S/c1-5-8-11-15-14(4)18-17(13-10-7-3)16(15)12-9-6-2/h5-13H2,1-4H3. The van der Waals surface area contributed by atoms with Gasteiger partial charge in [0.2, 0.25) is 0 Å². The average Bonchev–Trinajstić information content (AvgIpc) is 2.67. The Kier molecular flexibility index (Phi) is 7.65. The Morgan fingerprint density at radius 1 is 0.722 bits per heavy atom. The summed E-state index contributed by atoms with van der Waals surface area (Å²) in [6.07, 6.45) is 11.9. The zero-order valence-electron chi connectivity index (χ0n) is 12.8. The molecule has 1 heterocycles. The van der Waals surface area contributed by atoms with Gasteiger partial charge in [-0.25, -0.2) is 0 Å². The van der Waals surface area contributed by atoms with Crippen LogP contribution < -0.4 is 0 Å². The SMILES string of the molecule is CCCCc1sc(C)c(CCCC)c1CCCC. The first kappa shape index (κ1) is 15.8. The van der Waals surface area contributed by atoms with Gasteiger partial charge in [-0.15, -0.1) is 11.3 Å². The minimum Gasteiger partial charge on any atom is -0.145 e. The van der Waals surface area contributed by atoms with E-state index < -0.39 is 0 Å². The largest absolute Gasteiger partial charge is 0.145 e. The lowest BCUT2D eigenvalue weighted by molar-refractivity contribution is 0.744. The van der Waals surface area contributed by atoms with Crippen LogP contribution >= 0.6 is 11.3 Å². The molecule has 0 N–H and O–H groups in total. The minimum atomic E-state index is 1.31. The monoisotopic (exact) mass is 266 g/mol. The lowest BCUT2D eigenvalue weighted by atomic mass is 9.97. The smallest absolute Gasteiger partial charge is 0.00829 e. The average molecular weight is 266 g/mol. The van der Waals surface area contributed by atoms with E-state index in [2.05, 4.69) is 39.0 Å². The molecule has 1 aromatic rings. The van der Waals surface area contributed by atoms with E-state index in [1.54, 1.807) is 20.9 Å². The van der Waals surface area contributed by atoms with Crippen molar-refractivity contribution in [1.29, 1.82) is 0 Å². The van der Waals surface area contributed by atoms with Crippen molar-refractivity contribution in [2.45, 2.75) is 85.5 Å². The van der Waals surface area contributed by atoms with Crippen molar-refractivity contribution >= 4 is 11.3 Å². The van der Waals surface area contributed by atoms with Crippen LogP contribution in [0.1, 0.15) is 80.2 Å². The second-order valence-electron chi connectivity index (χ2n) is 5.35. The molecule has 0 bridgehead atoms. The molecule has 0 fully saturated rings. The summed E-state index contributed by atoms with van der Waals surface area (Å²) < 4.78 is 0. The Labute approximate surface area is 118 Å². The Morgan fingerprint density at radius 3 is 1.78 bits per heavy atom. The van der Waals surface area contributed by atoms with E-state index in [1.807, 2.05) is 0 Å². The van der Waals surface area contributed by atoms with Gasteiger partial charge in [0.1, 0.15) is 0 Å². The summed E-state index contributed by atoms with van der Waals surface area (Å²) in [7, 11) is 0. The summed E-state index contributed by atoms with van der Waals surface area (Å²) in [6, 6.07) is 0. The molecular formula is C17H30S. The molecule has 0 amide bonds. The molecule has 0 aliphatic heterocycles. The highest BCUT2D eigenvalue weighted by atomic mass is 32.1. The summed E-state index contributed by atoms with van der Waals surface area (Å²) in [4.78, 5) is 3.30. The van der Waals surface area contributed by atoms with E-state index in [9.17, 15) is 0 Å². The van der Waals surface area contributed by atoms with Crippen LogP contribution in [0.3, 0.4) is 0 Å². The van der Waals surface area contributed by atoms with Crippen molar-refractivity contribution < 1.29 is 0 Å². The van der Waals surface area contributed by atoms with Gasteiger partial charge in [-0.2, -0.15) is 0 Å². The molecule has 0 aliphatic carbocycles. The van der Waals surface area contributed by atoms with E-state index in [0.717, 1.165) is 0 Å². The van der Waals surface area contributed by atoms with Gasteiger partial charge in [-0.3, -0.25) is 0 Å². The maximum absolute atomic E-state index is 2.33. The third kappa shape index (κ3) is 4.42. The van der Waals surface area contributed by atoms with Crippen LogP contribution in [0.15, 0.2) is 0 Å². The molecule has 0 atom stereocenters. The fourth-order valence-corrected chi connectivity index (χ4v) is 3.87. The summed E-state index contributed by atoms with van der Waals surface area (Å²) >= 11 is 2.08. The van der Waals surface area contributed by atoms with Gasteiger partial charge in [0, 0.05) is 9.75 Å². The molecule has 18 heavy (non-hydrogen) atoms. The van der Waals surface area contributed by atoms with Gasteiger partial charge in [0.15, 0.2) is 0 Å². The van der Waals surface area contributed by atoms with Gasteiger partial charge in [0.25, 0.3) is 0 Å². The summed E-state index contributed by atoms with van der Waals surface area (Å²) in [5.74, 6) is 0. The quantitative estimate of drug-likeness (QED) is 0.508. The highest BCUT2D eigenvalue weighted by Gasteiger charge is 2.14. The first-order valence-electron chi connectivity index (χ1n) is 7.84. The van der Waals surface area contributed by atoms with Gasteiger partial charge in [-0.1, -0.05) is 40.0 Å². The van der Waals surface area contributed by atoms with Crippen LogP contribution in [-0.2, 0) is 19.3 Å². The van der Waals surface area contributed by atoms with Crippen LogP contribution in [0.25, 0.3) is 0 Å². The fraction of sp³-hybridized carbons (Fsp3) is 0.765. The number of aryl methyl sites for hydroxylation is 2.